The largest absolute Gasteiger partial charge is 0.355 e. The summed E-state index contributed by atoms with van der Waals surface area (Å²) in [6, 6.07) is 70.1. The van der Waals surface area contributed by atoms with Crippen LogP contribution < -0.4 is 5.32 Å². The molecule has 0 spiro atoms. The summed E-state index contributed by atoms with van der Waals surface area (Å²) in [5.74, 6) is 0. The van der Waals surface area contributed by atoms with Crippen molar-refractivity contribution in [3.8, 4) is 44.5 Å². The van der Waals surface area contributed by atoms with Gasteiger partial charge in [0, 0.05) is 11.4 Å². The van der Waals surface area contributed by atoms with Gasteiger partial charge in [-0.2, -0.15) is 0 Å². The average Bonchev–Trinajstić information content (AvgIpc) is 3.18. The maximum Gasteiger partial charge on any atom is 0.0390 e. The first kappa shape index (κ1) is 28.8. The van der Waals surface area contributed by atoms with E-state index in [4.69, 9.17) is 0 Å². The fourth-order valence-corrected chi connectivity index (χ4v) is 7.27. The monoisotopic (exact) mass is 623 g/mol. The van der Waals surface area contributed by atoms with E-state index in [0.29, 0.717) is 0 Å². The molecule has 0 saturated heterocycles. The van der Waals surface area contributed by atoms with Gasteiger partial charge in [0.15, 0.2) is 0 Å². The van der Waals surface area contributed by atoms with E-state index >= 15 is 0 Å². The first-order valence-corrected chi connectivity index (χ1v) is 16.8. The second kappa shape index (κ2) is 12.3. The number of benzene rings is 9. The van der Waals surface area contributed by atoms with Crippen molar-refractivity contribution in [2.45, 2.75) is 0 Å². The van der Waals surface area contributed by atoms with Crippen molar-refractivity contribution >= 4 is 43.7 Å². The van der Waals surface area contributed by atoms with Gasteiger partial charge in [-0.15, -0.1) is 0 Å². The molecule has 0 unspecified atom stereocenters. The second-order valence-corrected chi connectivity index (χ2v) is 12.6. The standard InChI is InChI=1S/C48H33N/c1-2-14-34(15-3-1)47-32-40(27-28-43(47)38-26-25-33-13-4-5-16-35(33)29-38)49-39-19-12-18-36(30-39)41-21-8-9-23-45(41)48-31-37-17-6-7-20-42(37)44-22-10-11-24-46(44)48/h1-32,49H. The number of hydrogen-bond acceptors (Lipinski definition) is 1. The SMILES string of the molecule is c1ccc(-c2cc(Nc3cccc(-c4ccccc4-c4cc5ccccc5c5ccccc45)c3)ccc2-c2ccc3ccccc3c2)cc1. The molecule has 0 aliphatic heterocycles. The Kier molecular flexibility index (Phi) is 7.22. The third-order valence-electron chi connectivity index (χ3n) is 9.61. The van der Waals surface area contributed by atoms with Crippen molar-refractivity contribution < 1.29 is 0 Å². The van der Waals surface area contributed by atoms with Gasteiger partial charge in [0.1, 0.15) is 0 Å². The Morgan fingerprint density at radius 1 is 0.245 bits per heavy atom. The molecule has 49 heavy (non-hydrogen) atoms. The lowest BCUT2D eigenvalue weighted by Gasteiger charge is -2.17. The lowest BCUT2D eigenvalue weighted by atomic mass is 9.89. The first-order valence-electron chi connectivity index (χ1n) is 16.8. The first-order chi connectivity index (χ1) is 24.3. The summed E-state index contributed by atoms with van der Waals surface area (Å²) < 4.78 is 0. The Bertz CT molecular complexity index is 2630. The normalized spacial score (nSPS) is 11.3. The Labute approximate surface area is 286 Å². The quantitative estimate of drug-likeness (QED) is 0.182. The van der Waals surface area contributed by atoms with Crippen LogP contribution in [0, 0.1) is 0 Å². The molecule has 0 aromatic heterocycles. The average molecular weight is 624 g/mol. The predicted octanol–water partition coefficient (Wildman–Crippen LogP) is 13.6. The van der Waals surface area contributed by atoms with E-state index in [1.165, 1.54) is 76.8 Å². The van der Waals surface area contributed by atoms with Gasteiger partial charge in [-0.25, -0.2) is 0 Å². The van der Waals surface area contributed by atoms with Gasteiger partial charge in [0.2, 0.25) is 0 Å². The maximum absolute atomic E-state index is 3.75. The lowest BCUT2D eigenvalue weighted by molar-refractivity contribution is 1.52. The molecule has 0 heterocycles. The third kappa shape index (κ3) is 5.42. The fourth-order valence-electron chi connectivity index (χ4n) is 7.27. The Hall–Kier alpha value is -6.44. The summed E-state index contributed by atoms with van der Waals surface area (Å²) in [4.78, 5) is 0. The van der Waals surface area contributed by atoms with Crippen LogP contribution in [0.1, 0.15) is 0 Å². The van der Waals surface area contributed by atoms with Gasteiger partial charge < -0.3 is 5.32 Å². The van der Waals surface area contributed by atoms with Crippen LogP contribution in [0.3, 0.4) is 0 Å². The zero-order valence-electron chi connectivity index (χ0n) is 27.0. The van der Waals surface area contributed by atoms with Crippen molar-refractivity contribution in [1.29, 1.82) is 0 Å². The van der Waals surface area contributed by atoms with Crippen LogP contribution in [-0.4, -0.2) is 0 Å². The van der Waals surface area contributed by atoms with E-state index < -0.39 is 0 Å². The van der Waals surface area contributed by atoms with Crippen molar-refractivity contribution in [2.24, 2.45) is 0 Å². The van der Waals surface area contributed by atoms with Crippen LogP contribution in [0.5, 0.6) is 0 Å². The molecule has 0 fully saturated rings. The highest BCUT2D eigenvalue weighted by molar-refractivity contribution is 6.14. The van der Waals surface area contributed by atoms with Gasteiger partial charge in [-0.1, -0.05) is 158 Å². The minimum atomic E-state index is 1.05. The molecule has 0 aliphatic carbocycles. The number of nitrogens with one attached hydrogen (secondary N) is 1. The van der Waals surface area contributed by atoms with E-state index in [0.717, 1.165) is 11.4 Å². The minimum absolute atomic E-state index is 1.05. The van der Waals surface area contributed by atoms with Crippen molar-refractivity contribution in [1.82, 2.24) is 0 Å². The van der Waals surface area contributed by atoms with E-state index in [1.807, 2.05) is 0 Å². The van der Waals surface area contributed by atoms with Crippen molar-refractivity contribution in [3.05, 3.63) is 194 Å². The highest BCUT2D eigenvalue weighted by atomic mass is 14.9. The van der Waals surface area contributed by atoms with Crippen LogP contribution in [-0.2, 0) is 0 Å². The topological polar surface area (TPSA) is 12.0 Å². The molecule has 0 atom stereocenters. The van der Waals surface area contributed by atoms with E-state index in [1.54, 1.807) is 0 Å². The Morgan fingerprint density at radius 2 is 0.857 bits per heavy atom. The molecule has 1 N–H and O–H groups in total. The summed E-state index contributed by atoms with van der Waals surface area (Å²) >= 11 is 0. The van der Waals surface area contributed by atoms with E-state index in [-0.39, 0.29) is 0 Å². The molecule has 0 bridgehead atoms. The van der Waals surface area contributed by atoms with Crippen molar-refractivity contribution in [2.75, 3.05) is 5.32 Å². The Morgan fingerprint density at radius 3 is 1.71 bits per heavy atom. The summed E-state index contributed by atoms with van der Waals surface area (Å²) in [5.41, 5.74) is 11.8. The number of rotatable bonds is 6. The predicted molar refractivity (Wildman–Crippen MR) is 210 cm³/mol. The maximum atomic E-state index is 3.75. The highest BCUT2D eigenvalue weighted by Gasteiger charge is 2.14. The van der Waals surface area contributed by atoms with Gasteiger partial charge in [0.25, 0.3) is 0 Å². The molecule has 9 aromatic rings. The summed E-state index contributed by atoms with van der Waals surface area (Å²) in [5, 5.41) is 11.3. The van der Waals surface area contributed by atoms with Crippen LogP contribution in [0.2, 0.25) is 0 Å². The van der Waals surface area contributed by atoms with Crippen LogP contribution in [0.4, 0.5) is 11.4 Å². The van der Waals surface area contributed by atoms with Crippen LogP contribution >= 0.6 is 0 Å². The molecular formula is C48H33N. The van der Waals surface area contributed by atoms with Gasteiger partial charge in [-0.3, -0.25) is 0 Å². The molecule has 0 saturated carbocycles. The summed E-state index contributed by atoms with van der Waals surface area (Å²) in [7, 11) is 0. The molecule has 9 aromatic carbocycles. The van der Waals surface area contributed by atoms with Gasteiger partial charge in [0.05, 0.1) is 0 Å². The molecule has 0 amide bonds. The third-order valence-corrected chi connectivity index (χ3v) is 9.61. The number of fused-ring (bicyclic) bond motifs is 4. The molecular weight excluding hydrogens is 591 g/mol. The van der Waals surface area contributed by atoms with E-state index in [2.05, 4.69) is 199 Å². The highest BCUT2D eigenvalue weighted by Crippen LogP contribution is 2.41. The smallest absolute Gasteiger partial charge is 0.0390 e. The molecule has 1 nitrogen and oxygen atoms in total. The molecule has 9 rings (SSSR count). The zero-order chi connectivity index (χ0) is 32.6. The van der Waals surface area contributed by atoms with Crippen LogP contribution in [0.25, 0.3) is 76.8 Å². The van der Waals surface area contributed by atoms with Crippen LogP contribution in [0.15, 0.2) is 194 Å². The molecule has 0 aliphatic rings. The van der Waals surface area contributed by atoms with Gasteiger partial charge in [-0.05, 0) is 113 Å². The van der Waals surface area contributed by atoms with Gasteiger partial charge >= 0.3 is 0 Å². The van der Waals surface area contributed by atoms with Crippen molar-refractivity contribution in [3.63, 3.8) is 0 Å². The Balaban J connectivity index is 1.11. The van der Waals surface area contributed by atoms with E-state index in [9.17, 15) is 0 Å². The lowest BCUT2D eigenvalue weighted by Crippen LogP contribution is -1.94. The zero-order valence-corrected chi connectivity index (χ0v) is 27.0. The molecule has 1 heteroatoms. The minimum Gasteiger partial charge on any atom is -0.355 e. The number of hydrogen-bond donors (Lipinski definition) is 1. The second-order valence-electron chi connectivity index (χ2n) is 12.6. The molecule has 230 valence electrons. The molecule has 0 radical (unpaired) electrons. The summed E-state index contributed by atoms with van der Waals surface area (Å²) in [6.45, 7) is 0. The number of anilines is 2. The fraction of sp³-hybridized carbons (Fsp3) is 0. The summed E-state index contributed by atoms with van der Waals surface area (Å²) in [6.07, 6.45) is 0.